The van der Waals surface area contributed by atoms with E-state index in [0.29, 0.717) is 5.57 Å². The maximum absolute atomic E-state index is 12.5. The lowest BCUT2D eigenvalue weighted by Crippen LogP contribution is -2.14. The molecule has 140 valence electrons. The molecule has 4 heteroatoms. The number of amides is 1. The van der Waals surface area contributed by atoms with Crippen molar-refractivity contribution in [2.24, 2.45) is 0 Å². The fourth-order valence-corrected chi connectivity index (χ4v) is 2.96. The molecule has 0 radical (unpaired) electrons. The molecule has 2 N–H and O–H groups in total. The molecule has 0 aliphatic carbocycles. The second-order valence-corrected chi connectivity index (χ2v) is 7.76. The lowest BCUT2D eigenvalue weighted by atomic mass is 9.87. The standard InChI is InChI=1S/C23H26N2O2/c1-15(12-16-14-24-21-13-19(27-5)10-11-20(16)21)22(26)25-18-8-6-17(7-9-18)23(2,3)4/h6-14,24H,1-5H3,(H,25,26)/b15-12+. The predicted octanol–water partition coefficient (Wildman–Crippen LogP) is 5.52. The highest BCUT2D eigenvalue weighted by Gasteiger charge is 2.13. The third kappa shape index (κ3) is 4.22. The largest absolute Gasteiger partial charge is 0.497 e. The number of methoxy groups -OCH3 is 1. The van der Waals surface area contributed by atoms with Crippen LogP contribution in [-0.4, -0.2) is 18.0 Å². The lowest BCUT2D eigenvalue weighted by Gasteiger charge is -2.19. The number of aromatic amines is 1. The summed E-state index contributed by atoms with van der Waals surface area (Å²) in [6.07, 6.45) is 3.79. The number of fused-ring (bicyclic) bond motifs is 1. The fourth-order valence-electron chi connectivity index (χ4n) is 2.96. The molecule has 0 fully saturated rings. The third-order valence-corrected chi connectivity index (χ3v) is 4.66. The molecule has 1 aromatic heterocycles. The number of hydrogen-bond acceptors (Lipinski definition) is 2. The molecule has 0 aliphatic heterocycles. The highest BCUT2D eigenvalue weighted by atomic mass is 16.5. The van der Waals surface area contributed by atoms with Gasteiger partial charge in [0.2, 0.25) is 0 Å². The summed E-state index contributed by atoms with van der Waals surface area (Å²) >= 11 is 0. The zero-order valence-electron chi connectivity index (χ0n) is 16.5. The molecule has 27 heavy (non-hydrogen) atoms. The van der Waals surface area contributed by atoms with Crippen LogP contribution < -0.4 is 10.1 Å². The van der Waals surface area contributed by atoms with Gasteiger partial charge in [-0.05, 0) is 48.2 Å². The summed E-state index contributed by atoms with van der Waals surface area (Å²) in [6.45, 7) is 8.33. The van der Waals surface area contributed by atoms with Crippen molar-refractivity contribution in [3.05, 3.63) is 65.4 Å². The van der Waals surface area contributed by atoms with Crippen LogP contribution in [0.1, 0.15) is 38.8 Å². The molecule has 0 saturated heterocycles. The highest BCUT2D eigenvalue weighted by molar-refractivity contribution is 6.07. The number of anilines is 1. The third-order valence-electron chi connectivity index (χ3n) is 4.66. The van der Waals surface area contributed by atoms with E-state index >= 15 is 0 Å². The Hall–Kier alpha value is -3.01. The first-order valence-electron chi connectivity index (χ1n) is 9.03. The molecular weight excluding hydrogens is 336 g/mol. The molecule has 1 heterocycles. The molecular formula is C23H26N2O2. The van der Waals surface area contributed by atoms with Crippen molar-refractivity contribution < 1.29 is 9.53 Å². The van der Waals surface area contributed by atoms with Crippen molar-refractivity contribution in [2.45, 2.75) is 33.1 Å². The Morgan fingerprint density at radius 1 is 1.11 bits per heavy atom. The minimum absolute atomic E-state index is 0.0936. The van der Waals surface area contributed by atoms with Crippen LogP contribution in [0, 0.1) is 0 Å². The van der Waals surface area contributed by atoms with E-state index in [0.717, 1.165) is 27.9 Å². The summed E-state index contributed by atoms with van der Waals surface area (Å²) in [7, 11) is 1.65. The lowest BCUT2D eigenvalue weighted by molar-refractivity contribution is -0.112. The van der Waals surface area contributed by atoms with E-state index in [9.17, 15) is 4.79 Å². The van der Waals surface area contributed by atoms with Crippen molar-refractivity contribution >= 4 is 28.6 Å². The van der Waals surface area contributed by atoms with Crippen LogP contribution in [0.2, 0.25) is 0 Å². The molecule has 0 aliphatic rings. The molecule has 1 amide bonds. The molecule has 0 atom stereocenters. The van der Waals surface area contributed by atoms with Crippen molar-refractivity contribution in [3.8, 4) is 5.75 Å². The average Bonchev–Trinajstić information content (AvgIpc) is 3.03. The van der Waals surface area contributed by atoms with Gasteiger partial charge in [-0.1, -0.05) is 32.9 Å². The second-order valence-electron chi connectivity index (χ2n) is 7.76. The topological polar surface area (TPSA) is 54.1 Å². The maximum atomic E-state index is 12.5. The maximum Gasteiger partial charge on any atom is 0.251 e. The van der Waals surface area contributed by atoms with Gasteiger partial charge in [0.1, 0.15) is 5.75 Å². The summed E-state index contributed by atoms with van der Waals surface area (Å²) < 4.78 is 5.25. The normalized spacial score (nSPS) is 12.3. The first-order valence-corrected chi connectivity index (χ1v) is 9.03. The van der Waals surface area contributed by atoms with Crippen LogP contribution in [0.4, 0.5) is 5.69 Å². The summed E-state index contributed by atoms with van der Waals surface area (Å²) in [5.41, 5.74) is 4.73. The minimum atomic E-state index is -0.110. The molecule has 0 spiro atoms. The Morgan fingerprint density at radius 2 is 1.81 bits per heavy atom. The molecule has 4 nitrogen and oxygen atoms in total. The number of ether oxygens (including phenoxy) is 1. The van der Waals surface area contributed by atoms with E-state index < -0.39 is 0 Å². The summed E-state index contributed by atoms with van der Waals surface area (Å²) in [6, 6.07) is 13.9. The van der Waals surface area contributed by atoms with Crippen molar-refractivity contribution in [3.63, 3.8) is 0 Å². The number of nitrogens with one attached hydrogen (secondary N) is 2. The van der Waals surface area contributed by atoms with E-state index in [1.165, 1.54) is 5.56 Å². The zero-order chi connectivity index (χ0) is 19.6. The van der Waals surface area contributed by atoms with Crippen LogP contribution in [0.25, 0.3) is 17.0 Å². The van der Waals surface area contributed by atoms with Gasteiger partial charge in [0.05, 0.1) is 7.11 Å². The Balaban J connectivity index is 1.77. The molecule has 3 rings (SSSR count). The van der Waals surface area contributed by atoms with Gasteiger partial charge < -0.3 is 15.0 Å². The number of benzene rings is 2. The first kappa shape index (κ1) is 18.8. The van der Waals surface area contributed by atoms with E-state index in [4.69, 9.17) is 4.74 Å². The second kappa shape index (κ2) is 7.31. The van der Waals surface area contributed by atoms with Crippen molar-refractivity contribution in [1.29, 1.82) is 0 Å². The van der Waals surface area contributed by atoms with Gasteiger partial charge in [0, 0.05) is 40.0 Å². The van der Waals surface area contributed by atoms with Crippen LogP contribution in [0.3, 0.4) is 0 Å². The van der Waals surface area contributed by atoms with E-state index in [1.807, 2.05) is 49.5 Å². The van der Waals surface area contributed by atoms with Gasteiger partial charge in [-0.3, -0.25) is 4.79 Å². The van der Waals surface area contributed by atoms with Crippen LogP contribution in [0.5, 0.6) is 5.75 Å². The van der Waals surface area contributed by atoms with Crippen LogP contribution >= 0.6 is 0 Å². The highest BCUT2D eigenvalue weighted by Crippen LogP contribution is 2.26. The Kier molecular flexibility index (Phi) is 5.08. The van der Waals surface area contributed by atoms with E-state index in [1.54, 1.807) is 7.11 Å². The van der Waals surface area contributed by atoms with Gasteiger partial charge in [-0.25, -0.2) is 0 Å². The number of rotatable bonds is 4. The van der Waals surface area contributed by atoms with Gasteiger partial charge in [-0.2, -0.15) is 0 Å². The Labute approximate surface area is 160 Å². The summed E-state index contributed by atoms with van der Waals surface area (Å²) in [4.78, 5) is 15.8. The zero-order valence-corrected chi connectivity index (χ0v) is 16.5. The van der Waals surface area contributed by atoms with Gasteiger partial charge in [-0.15, -0.1) is 0 Å². The molecule has 0 saturated carbocycles. The SMILES string of the molecule is COc1ccc2c(/C=C(\C)C(=O)Nc3ccc(C(C)(C)C)cc3)c[nH]c2c1. The van der Waals surface area contributed by atoms with Crippen LogP contribution in [-0.2, 0) is 10.2 Å². The van der Waals surface area contributed by atoms with E-state index in [2.05, 4.69) is 43.2 Å². The smallest absolute Gasteiger partial charge is 0.251 e. The predicted molar refractivity (Wildman–Crippen MR) is 112 cm³/mol. The summed E-state index contributed by atoms with van der Waals surface area (Å²) in [5.74, 6) is 0.689. The number of H-pyrrole nitrogens is 1. The van der Waals surface area contributed by atoms with Gasteiger partial charge in [0.25, 0.3) is 5.91 Å². The number of carbonyl (C=O) groups is 1. The Bertz CT molecular complexity index is 989. The fraction of sp³-hybridized carbons (Fsp3) is 0.261. The van der Waals surface area contributed by atoms with Gasteiger partial charge in [0.15, 0.2) is 0 Å². The van der Waals surface area contributed by atoms with Crippen molar-refractivity contribution in [1.82, 2.24) is 4.98 Å². The van der Waals surface area contributed by atoms with E-state index in [-0.39, 0.29) is 11.3 Å². The van der Waals surface area contributed by atoms with Crippen molar-refractivity contribution in [2.75, 3.05) is 12.4 Å². The number of hydrogen-bond donors (Lipinski definition) is 2. The molecule has 3 aromatic rings. The Morgan fingerprint density at radius 3 is 2.44 bits per heavy atom. The number of aromatic nitrogens is 1. The summed E-state index contributed by atoms with van der Waals surface area (Å²) in [5, 5.41) is 4.01. The molecule has 2 aromatic carbocycles. The molecule has 0 bridgehead atoms. The average molecular weight is 362 g/mol. The number of carbonyl (C=O) groups excluding carboxylic acids is 1. The van der Waals surface area contributed by atoms with Gasteiger partial charge >= 0.3 is 0 Å². The first-order chi connectivity index (χ1) is 12.8. The monoisotopic (exact) mass is 362 g/mol. The molecule has 0 unspecified atom stereocenters. The minimum Gasteiger partial charge on any atom is -0.497 e. The quantitative estimate of drug-likeness (QED) is 0.601. The van der Waals surface area contributed by atoms with Crippen LogP contribution in [0.15, 0.2) is 54.2 Å².